The maximum atomic E-state index is 12.6. The van der Waals surface area contributed by atoms with E-state index in [0.29, 0.717) is 11.3 Å². The van der Waals surface area contributed by atoms with Crippen LogP contribution in [-0.2, 0) is 29.7 Å². The Labute approximate surface area is 291 Å². The molecule has 3 rings (SSSR count). The van der Waals surface area contributed by atoms with E-state index in [0.717, 1.165) is 66.9 Å². The summed E-state index contributed by atoms with van der Waals surface area (Å²) in [5, 5.41) is 13.9. The summed E-state index contributed by atoms with van der Waals surface area (Å²) in [4.78, 5) is 14.8. The Morgan fingerprint density at radius 2 is 1.80 bits per heavy atom. The van der Waals surface area contributed by atoms with E-state index in [9.17, 15) is 23.0 Å². The van der Waals surface area contributed by atoms with Gasteiger partial charge >= 0.3 is 59.1 Å². The Bertz CT molecular complexity index is 1310. The van der Waals surface area contributed by atoms with Crippen molar-refractivity contribution in [2.75, 3.05) is 17.2 Å². The Morgan fingerprint density at radius 1 is 1.10 bits per heavy atom. The molecule has 0 bridgehead atoms. The predicted octanol–water partition coefficient (Wildman–Crippen LogP) is -1.25. The van der Waals surface area contributed by atoms with Crippen LogP contribution in [0.2, 0.25) is 0 Å². The van der Waals surface area contributed by atoms with Crippen molar-refractivity contribution in [3.05, 3.63) is 66.4 Å². The predicted molar refractivity (Wildman–Crippen MR) is 148 cm³/mol. The molecule has 0 aliphatic carbocycles. The molecule has 1 heterocycles. The Morgan fingerprint density at radius 3 is 2.41 bits per heavy atom. The van der Waals surface area contributed by atoms with Crippen LogP contribution in [0.3, 0.4) is 0 Å². The molecule has 0 radical (unpaired) electrons. The summed E-state index contributed by atoms with van der Waals surface area (Å²) >= 11 is 0.782. The maximum Gasteiger partial charge on any atom is 1.00 e. The van der Waals surface area contributed by atoms with Crippen molar-refractivity contribution in [3.8, 4) is 0 Å². The van der Waals surface area contributed by atoms with Crippen molar-refractivity contribution in [2.24, 2.45) is 0 Å². The third-order valence-corrected chi connectivity index (χ3v) is 8.29. The van der Waals surface area contributed by atoms with E-state index in [1.54, 1.807) is 11.1 Å². The first-order chi connectivity index (χ1) is 18.6. The van der Waals surface area contributed by atoms with Crippen molar-refractivity contribution in [3.63, 3.8) is 0 Å². The molecule has 1 amide bonds. The molecular formula is C28H35N2Na2O7S2+. The number of benzene rings is 2. The van der Waals surface area contributed by atoms with Gasteiger partial charge in [0.25, 0.3) is 0 Å². The summed E-state index contributed by atoms with van der Waals surface area (Å²) in [6.45, 7) is 6.38. The standard InChI is InChI=1S/C28H36N2O7S2.2Na/c1-4-5-6-10-18-30-26-15-14-24(38-37-36-32)21-25(26)28(3,17-11-20-39(33,34)35)27(30)16-19-29(22(2)31)23-12-8-7-9-13-23;;/h7-9,12-16,19,21H,4-6,10-11,17-18,20H2,1-3H3,(H-,32,33,34,35);;/q;2*+1/p-1. The molecule has 2 aromatic rings. The van der Waals surface area contributed by atoms with Crippen LogP contribution in [0.5, 0.6) is 0 Å². The fraction of sp³-hybridized carbons (Fsp3) is 0.429. The number of para-hydroxylation sites is 1. The summed E-state index contributed by atoms with van der Waals surface area (Å²) in [6, 6.07) is 15.0. The first-order valence-electron chi connectivity index (χ1n) is 13.0. The summed E-state index contributed by atoms with van der Waals surface area (Å²) in [7, 11) is -4.38. The summed E-state index contributed by atoms with van der Waals surface area (Å²) in [5.41, 5.74) is 2.78. The zero-order valence-corrected chi connectivity index (χ0v) is 30.1. The number of rotatable bonds is 15. The fourth-order valence-electron chi connectivity index (χ4n) is 5.05. The third-order valence-electron chi connectivity index (χ3n) is 6.93. The van der Waals surface area contributed by atoms with Crippen molar-refractivity contribution < 1.29 is 96.1 Å². The van der Waals surface area contributed by atoms with E-state index in [1.165, 1.54) is 6.92 Å². The van der Waals surface area contributed by atoms with Crippen LogP contribution in [0, 0.1) is 0 Å². The minimum absolute atomic E-state index is 0. The van der Waals surface area contributed by atoms with Gasteiger partial charge in [-0.2, -0.15) is 8.91 Å². The Kier molecular flexibility index (Phi) is 17.2. The first kappa shape index (κ1) is 38.5. The van der Waals surface area contributed by atoms with Crippen molar-refractivity contribution >= 4 is 45.2 Å². The van der Waals surface area contributed by atoms with E-state index in [1.807, 2.05) is 61.5 Å². The molecule has 41 heavy (non-hydrogen) atoms. The summed E-state index contributed by atoms with van der Waals surface area (Å²) in [6.07, 6.45) is 8.39. The second-order valence-electron chi connectivity index (χ2n) is 9.73. The number of unbranched alkanes of at least 4 members (excludes halogenated alkanes) is 3. The van der Waals surface area contributed by atoms with Gasteiger partial charge in [-0.15, -0.1) is 0 Å². The van der Waals surface area contributed by atoms with Gasteiger partial charge in [-0.3, -0.25) is 14.7 Å². The second kappa shape index (κ2) is 18.3. The quantitative estimate of drug-likeness (QED) is 0.0461. The zero-order chi connectivity index (χ0) is 28.5. The van der Waals surface area contributed by atoms with Crippen LogP contribution >= 0.6 is 12.0 Å². The molecule has 0 saturated carbocycles. The summed E-state index contributed by atoms with van der Waals surface area (Å²) in [5.74, 6) is -0.632. The van der Waals surface area contributed by atoms with Crippen LogP contribution in [0.4, 0.5) is 11.4 Å². The molecule has 1 atom stereocenters. The molecule has 0 fully saturated rings. The number of anilines is 1. The Balaban J connectivity index is 0.00000420. The molecule has 1 aliphatic heterocycles. The van der Waals surface area contributed by atoms with Gasteiger partial charge < -0.3 is 9.81 Å². The van der Waals surface area contributed by atoms with E-state index in [-0.39, 0.29) is 71.4 Å². The monoisotopic (exact) mass is 621 g/mol. The first-order valence-corrected chi connectivity index (χ1v) is 15.3. The third kappa shape index (κ3) is 10.8. The second-order valence-corrected chi connectivity index (χ2v) is 12.0. The molecule has 2 aromatic carbocycles. The van der Waals surface area contributed by atoms with E-state index >= 15 is 0 Å². The minimum atomic E-state index is -4.38. The van der Waals surface area contributed by atoms with Gasteiger partial charge in [-0.1, -0.05) is 38.0 Å². The number of hydrogen-bond acceptors (Lipinski definition) is 8. The van der Waals surface area contributed by atoms with Crippen molar-refractivity contribution in [2.45, 2.75) is 69.6 Å². The number of fused-ring (bicyclic) bond motifs is 1. The number of hydrogen-bond donors (Lipinski definition) is 0. The van der Waals surface area contributed by atoms with Gasteiger partial charge in [-0.25, -0.2) is 8.42 Å². The molecule has 0 saturated heterocycles. The van der Waals surface area contributed by atoms with Crippen LogP contribution < -0.4 is 69.3 Å². The molecule has 212 valence electrons. The average molecular weight is 622 g/mol. The zero-order valence-electron chi connectivity index (χ0n) is 24.5. The largest absolute Gasteiger partial charge is 1.00 e. The summed E-state index contributed by atoms with van der Waals surface area (Å²) < 4.78 is 41.0. The van der Waals surface area contributed by atoms with Gasteiger partial charge in [-0.05, 0) is 50.5 Å². The fourth-order valence-corrected chi connectivity index (χ4v) is 5.94. The molecule has 0 spiro atoms. The smallest absolute Gasteiger partial charge is 0.748 e. The molecule has 9 nitrogen and oxygen atoms in total. The van der Waals surface area contributed by atoms with E-state index in [4.69, 9.17) is 0 Å². The number of allylic oxidation sites excluding steroid dienone is 1. The molecule has 1 unspecified atom stereocenters. The van der Waals surface area contributed by atoms with Gasteiger partial charge in [0.15, 0.2) is 5.71 Å². The number of carbonyl (C=O) groups excluding carboxylic acids is 1. The van der Waals surface area contributed by atoms with E-state index < -0.39 is 21.3 Å². The van der Waals surface area contributed by atoms with Crippen LogP contribution in [0.25, 0.3) is 0 Å². The average Bonchev–Trinajstić information content (AvgIpc) is 3.12. The molecule has 0 aromatic heterocycles. The van der Waals surface area contributed by atoms with Crippen molar-refractivity contribution in [1.29, 1.82) is 0 Å². The number of amides is 1. The van der Waals surface area contributed by atoms with Gasteiger partial charge in [0.1, 0.15) is 6.54 Å². The molecule has 0 N–H and O–H groups in total. The van der Waals surface area contributed by atoms with E-state index in [2.05, 4.69) is 20.9 Å². The number of carbonyl (C=O) groups is 1. The topological polar surface area (TPSA) is 122 Å². The SMILES string of the molecule is CCCCCC[N+]1=C(/C=C/N(C(C)=O)c2ccccc2)C(C)(CCCS(=O)(=O)[O-])c2cc(SOO[O-])ccc21.[Na+].[Na+]. The van der Waals surface area contributed by atoms with Crippen LogP contribution in [0.1, 0.15) is 64.9 Å². The molecule has 13 heteroatoms. The maximum absolute atomic E-state index is 12.6. The van der Waals surface area contributed by atoms with Gasteiger partial charge in [0, 0.05) is 53.6 Å². The van der Waals surface area contributed by atoms with Gasteiger partial charge in [0.2, 0.25) is 11.6 Å². The normalized spacial score (nSPS) is 16.3. The molecular weight excluding hydrogens is 586 g/mol. The van der Waals surface area contributed by atoms with Crippen molar-refractivity contribution in [1.82, 2.24) is 0 Å². The Hall–Kier alpha value is -0.540. The van der Waals surface area contributed by atoms with Crippen LogP contribution in [0.15, 0.2) is 65.7 Å². The minimum Gasteiger partial charge on any atom is -0.748 e. The molecule has 1 aliphatic rings. The van der Waals surface area contributed by atoms with Crippen LogP contribution in [-0.4, -0.2) is 41.5 Å². The number of nitrogens with zero attached hydrogens (tertiary/aromatic N) is 2. The van der Waals surface area contributed by atoms with Gasteiger partial charge in [0.05, 0.1) is 27.6 Å².